The van der Waals surface area contributed by atoms with E-state index in [0.29, 0.717) is 29.5 Å². The summed E-state index contributed by atoms with van der Waals surface area (Å²) in [5.41, 5.74) is 1.90. The van der Waals surface area contributed by atoms with Crippen molar-refractivity contribution in [1.29, 1.82) is 0 Å². The highest BCUT2D eigenvalue weighted by molar-refractivity contribution is 7.80. The number of methoxy groups -OCH3 is 1. The lowest BCUT2D eigenvalue weighted by Crippen LogP contribution is -2.40. The van der Waals surface area contributed by atoms with Crippen molar-refractivity contribution in [3.05, 3.63) is 70.3 Å². The Hall–Kier alpha value is -3.01. The molecule has 2 heterocycles. The normalized spacial score (nSPS) is 14.2. The van der Waals surface area contributed by atoms with Gasteiger partial charge in [-0.3, -0.25) is 9.69 Å². The van der Waals surface area contributed by atoms with Crippen molar-refractivity contribution in [1.82, 2.24) is 14.8 Å². The molecule has 0 amide bonds. The van der Waals surface area contributed by atoms with Crippen LogP contribution in [0.1, 0.15) is 12.0 Å². The van der Waals surface area contributed by atoms with Crippen LogP contribution in [-0.4, -0.2) is 66.4 Å². The SMILES string of the molecule is COc1ccc2[nH]c(=O)c(CN(CCCN3CCOCC3)C(=S)Nc3ccc(F)cc3)cc2c1. The largest absolute Gasteiger partial charge is 0.497 e. The smallest absolute Gasteiger partial charge is 0.253 e. The number of nitrogens with zero attached hydrogens (tertiary/aromatic N) is 2. The van der Waals surface area contributed by atoms with Crippen LogP contribution in [-0.2, 0) is 11.3 Å². The van der Waals surface area contributed by atoms with Crippen molar-refractivity contribution >= 4 is 33.9 Å². The zero-order valence-corrected chi connectivity index (χ0v) is 20.0. The van der Waals surface area contributed by atoms with Crippen LogP contribution in [0.5, 0.6) is 5.75 Å². The Morgan fingerprint density at radius 2 is 1.97 bits per heavy atom. The Morgan fingerprint density at radius 3 is 2.71 bits per heavy atom. The maximum absolute atomic E-state index is 13.3. The molecular weight excluding hydrogens is 455 g/mol. The van der Waals surface area contributed by atoms with E-state index in [4.69, 9.17) is 21.7 Å². The predicted molar refractivity (Wildman–Crippen MR) is 136 cm³/mol. The lowest BCUT2D eigenvalue weighted by molar-refractivity contribution is 0.0367. The monoisotopic (exact) mass is 484 g/mol. The summed E-state index contributed by atoms with van der Waals surface area (Å²) in [6, 6.07) is 13.5. The van der Waals surface area contributed by atoms with E-state index in [1.807, 2.05) is 29.2 Å². The van der Waals surface area contributed by atoms with Crippen molar-refractivity contribution in [3.8, 4) is 5.75 Å². The molecule has 1 saturated heterocycles. The van der Waals surface area contributed by atoms with Gasteiger partial charge in [-0.2, -0.15) is 0 Å². The highest BCUT2D eigenvalue weighted by Crippen LogP contribution is 2.20. The second-order valence-corrected chi connectivity index (χ2v) is 8.63. The average Bonchev–Trinajstić information content (AvgIpc) is 2.85. The van der Waals surface area contributed by atoms with Crippen LogP contribution in [0, 0.1) is 5.82 Å². The Morgan fingerprint density at radius 1 is 1.21 bits per heavy atom. The Labute approximate surface area is 203 Å². The number of aromatic nitrogens is 1. The number of pyridine rings is 1. The summed E-state index contributed by atoms with van der Waals surface area (Å²) in [6.45, 7) is 5.28. The molecule has 2 N–H and O–H groups in total. The van der Waals surface area contributed by atoms with Crippen LogP contribution < -0.4 is 15.6 Å². The minimum Gasteiger partial charge on any atom is -0.497 e. The van der Waals surface area contributed by atoms with Crippen molar-refractivity contribution < 1.29 is 13.9 Å². The highest BCUT2D eigenvalue weighted by atomic mass is 32.1. The molecule has 4 rings (SSSR count). The van der Waals surface area contributed by atoms with Gasteiger partial charge in [-0.1, -0.05) is 0 Å². The molecule has 1 aromatic heterocycles. The molecule has 0 unspecified atom stereocenters. The topological polar surface area (TPSA) is 69.8 Å². The molecule has 2 aromatic carbocycles. The number of halogens is 1. The number of rotatable bonds is 8. The molecule has 0 atom stereocenters. The number of benzene rings is 2. The van der Waals surface area contributed by atoms with Gasteiger partial charge in [0.1, 0.15) is 11.6 Å². The molecule has 1 aliphatic rings. The van der Waals surface area contributed by atoms with Gasteiger partial charge >= 0.3 is 0 Å². The van der Waals surface area contributed by atoms with Crippen molar-refractivity contribution in [2.45, 2.75) is 13.0 Å². The van der Waals surface area contributed by atoms with E-state index in [1.165, 1.54) is 12.1 Å². The van der Waals surface area contributed by atoms with Crippen LogP contribution in [0.4, 0.5) is 10.1 Å². The predicted octanol–water partition coefficient (Wildman–Crippen LogP) is 3.60. The van der Waals surface area contributed by atoms with Crippen molar-refractivity contribution in [2.24, 2.45) is 0 Å². The molecule has 9 heteroatoms. The van der Waals surface area contributed by atoms with Crippen molar-refractivity contribution in [3.63, 3.8) is 0 Å². The van der Waals surface area contributed by atoms with Crippen LogP contribution >= 0.6 is 12.2 Å². The highest BCUT2D eigenvalue weighted by Gasteiger charge is 2.16. The number of morpholine rings is 1. The third-order valence-corrected chi connectivity index (χ3v) is 6.24. The van der Waals surface area contributed by atoms with Gasteiger partial charge in [0.05, 0.1) is 26.9 Å². The molecule has 0 saturated carbocycles. The number of anilines is 1. The zero-order chi connectivity index (χ0) is 23.9. The third kappa shape index (κ3) is 6.31. The van der Waals surface area contributed by atoms with E-state index in [1.54, 1.807) is 19.2 Å². The summed E-state index contributed by atoms with van der Waals surface area (Å²) >= 11 is 5.69. The van der Waals surface area contributed by atoms with Crippen LogP contribution in [0.15, 0.2) is 53.3 Å². The quantitative estimate of drug-likeness (QED) is 0.474. The number of aromatic amines is 1. The molecule has 34 heavy (non-hydrogen) atoms. The fraction of sp³-hybridized carbons (Fsp3) is 0.360. The molecule has 0 bridgehead atoms. The van der Waals surface area contributed by atoms with Gasteiger partial charge in [0.15, 0.2) is 5.11 Å². The number of thiocarbonyl (C=S) groups is 1. The van der Waals surface area contributed by atoms with E-state index in [0.717, 1.165) is 55.9 Å². The van der Waals surface area contributed by atoms with Crippen LogP contribution in [0.2, 0.25) is 0 Å². The fourth-order valence-corrected chi connectivity index (χ4v) is 4.25. The van der Waals surface area contributed by atoms with Gasteiger partial charge in [0, 0.05) is 48.3 Å². The second kappa shape index (κ2) is 11.4. The van der Waals surface area contributed by atoms with Gasteiger partial charge in [0.25, 0.3) is 5.56 Å². The number of hydrogen-bond donors (Lipinski definition) is 2. The Kier molecular flexibility index (Phi) is 8.10. The number of fused-ring (bicyclic) bond motifs is 1. The van der Waals surface area contributed by atoms with E-state index in [9.17, 15) is 9.18 Å². The Bertz CT molecular complexity index is 1180. The molecule has 0 aliphatic carbocycles. The molecule has 1 fully saturated rings. The number of H-pyrrole nitrogens is 1. The minimum atomic E-state index is -0.308. The maximum atomic E-state index is 13.3. The number of hydrogen-bond acceptors (Lipinski definition) is 5. The van der Waals surface area contributed by atoms with Gasteiger partial charge < -0.3 is 24.7 Å². The number of ether oxygens (including phenoxy) is 2. The standard InChI is InChI=1S/C25H29FN4O3S/c1-32-22-7-8-23-18(16-22)15-19(24(31)28-23)17-30(10-2-9-29-11-13-33-14-12-29)25(34)27-21-5-3-20(26)4-6-21/h3-8,15-16H,2,9-14,17H2,1H3,(H,27,34)(H,28,31). The van der Waals surface area contributed by atoms with E-state index in [-0.39, 0.29) is 11.4 Å². The molecule has 180 valence electrons. The lowest BCUT2D eigenvalue weighted by Gasteiger charge is -2.29. The second-order valence-electron chi connectivity index (χ2n) is 8.24. The van der Waals surface area contributed by atoms with E-state index in [2.05, 4.69) is 15.2 Å². The Balaban J connectivity index is 1.52. The summed E-state index contributed by atoms with van der Waals surface area (Å²) in [7, 11) is 1.61. The summed E-state index contributed by atoms with van der Waals surface area (Å²) in [5, 5.41) is 4.55. The number of nitrogens with one attached hydrogen (secondary N) is 2. The summed E-state index contributed by atoms with van der Waals surface area (Å²) in [6.07, 6.45) is 0.880. The lowest BCUT2D eigenvalue weighted by atomic mass is 10.1. The van der Waals surface area contributed by atoms with Gasteiger partial charge in [-0.05, 0) is 67.2 Å². The van der Waals surface area contributed by atoms with Crippen LogP contribution in [0.3, 0.4) is 0 Å². The van der Waals surface area contributed by atoms with Gasteiger partial charge in [-0.15, -0.1) is 0 Å². The van der Waals surface area contributed by atoms with Gasteiger partial charge in [0.2, 0.25) is 0 Å². The fourth-order valence-electron chi connectivity index (χ4n) is 3.98. The zero-order valence-electron chi connectivity index (χ0n) is 19.2. The summed E-state index contributed by atoms with van der Waals surface area (Å²) in [4.78, 5) is 20.1. The molecule has 3 aromatic rings. The third-order valence-electron chi connectivity index (χ3n) is 5.88. The summed E-state index contributed by atoms with van der Waals surface area (Å²) in [5.74, 6) is 0.415. The first kappa shape index (κ1) is 24.1. The van der Waals surface area contributed by atoms with Gasteiger partial charge in [-0.25, -0.2) is 4.39 Å². The minimum absolute atomic E-state index is 0.152. The molecule has 0 spiro atoms. The van der Waals surface area contributed by atoms with Crippen LogP contribution in [0.25, 0.3) is 10.9 Å². The average molecular weight is 485 g/mol. The summed E-state index contributed by atoms with van der Waals surface area (Å²) < 4.78 is 24.1. The first-order chi connectivity index (χ1) is 16.5. The molecular formula is C25H29FN4O3S. The maximum Gasteiger partial charge on any atom is 0.253 e. The molecule has 7 nitrogen and oxygen atoms in total. The first-order valence-corrected chi connectivity index (χ1v) is 11.7. The van der Waals surface area contributed by atoms with E-state index < -0.39 is 0 Å². The van der Waals surface area contributed by atoms with E-state index >= 15 is 0 Å². The van der Waals surface area contributed by atoms with Crippen molar-refractivity contribution in [2.75, 3.05) is 51.8 Å². The first-order valence-electron chi connectivity index (χ1n) is 11.3. The molecule has 1 aliphatic heterocycles. The molecule has 0 radical (unpaired) electrons.